The fourth-order valence-electron chi connectivity index (χ4n) is 3.74. The molecule has 2 aromatic carbocycles. The van der Waals surface area contributed by atoms with E-state index in [2.05, 4.69) is 27.7 Å². The van der Waals surface area contributed by atoms with Crippen molar-refractivity contribution in [3.63, 3.8) is 0 Å². The highest BCUT2D eigenvalue weighted by Crippen LogP contribution is 2.42. The van der Waals surface area contributed by atoms with Crippen LogP contribution in [0.4, 0.5) is 0 Å². The summed E-state index contributed by atoms with van der Waals surface area (Å²) >= 11 is 0. The highest BCUT2D eigenvalue weighted by atomic mass is 33.1. The van der Waals surface area contributed by atoms with Gasteiger partial charge in [0.25, 0.3) is 0 Å². The van der Waals surface area contributed by atoms with Gasteiger partial charge in [0, 0.05) is 0 Å². The highest BCUT2D eigenvalue weighted by Gasteiger charge is 2.40. The van der Waals surface area contributed by atoms with E-state index in [1.54, 1.807) is 25.0 Å². The van der Waals surface area contributed by atoms with Crippen LogP contribution in [0.1, 0.15) is 64.5 Å². The van der Waals surface area contributed by atoms with Crippen LogP contribution >= 0.6 is 10.8 Å². The number of benzene rings is 2. The van der Waals surface area contributed by atoms with E-state index in [-0.39, 0.29) is 4.75 Å². The first kappa shape index (κ1) is 29.7. The Labute approximate surface area is 218 Å². The number of methoxy groups -OCH3 is 2. The second-order valence-corrected chi connectivity index (χ2v) is 12.6. The Morgan fingerprint density at radius 1 is 0.686 bits per heavy atom. The molecule has 5 nitrogen and oxygen atoms in total. The maximum absolute atomic E-state index is 13.8. The van der Waals surface area contributed by atoms with Crippen LogP contribution in [0.5, 0.6) is 11.5 Å². The summed E-state index contributed by atoms with van der Waals surface area (Å²) in [5.74, 6) is 1.66. The van der Waals surface area contributed by atoms with E-state index in [0.717, 1.165) is 48.3 Å². The van der Waals surface area contributed by atoms with Gasteiger partial charge in [-0.1, -0.05) is 62.8 Å². The molecule has 2 aromatic rings. The topological polar surface area (TPSA) is 54.0 Å². The number of hydrogen-bond acceptors (Lipinski definition) is 6. The van der Waals surface area contributed by atoms with Crippen molar-refractivity contribution in [2.45, 2.75) is 76.1 Å². The first-order valence-electron chi connectivity index (χ1n) is 12.4. The molecule has 0 aliphatic carbocycles. The molecule has 7 heteroatoms. The molecule has 35 heavy (non-hydrogen) atoms. The van der Waals surface area contributed by atoms with Gasteiger partial charge in [0.15, 0.2) is 0 Å². The lowest BCUT2D eigenvalue weighted by Crippen LogP contribution is -2.40. The average molecular weight is 523 g/mol. The van der Waals surface area contributed by atoms with Gasteiger partial charge in [-0.15, -0.1) is 0 Å². The summed E-state index contributed by atoms with van der Waals surface area (Å²) in [7, 11) is 3.77. The zero-order chi connectivity index (χ0) is 25.7. The van der Waals surface area contributed by atoms with Crippen molar-refractivity contribution in [2.75, 3.05) is 27.4 Å². The van der Waals surface area contributed by atoms with Gasteiger partial charge in [-0.3, -0.25) is 0 Å². The van der Waals surface area contributed by atoms with Gasteiger partial charge in [-0.05, 0) is 61.1 Å². The van der Waals surface area contributed by atoms with Crippen molar-refractivity contribution in [3.8, 4) is 11.5 Å². The second-order valence-electron chi connectivity index (χ2n) is 8.78. The van der Waals surface area contributed by atoms with Crippen molar-refractivity contribution in [2.24, 2.45) is 0 Å². The summed E-state index contributed by atoms with van der Waals surface area (Å²) in [6.07, 6.45) is 3.36. The summed E-state index contributed by atoms with van der Waals surface area (Å²) in [4.78, 5) is 0. The van der Waals surface area contributed by atoms with Crippen LogP contribution in [0, 0.1) is 0 Å². The molecule has 0 heterocycles. The Kier molecular flexibility index (Phi) is 12.6. The number of ether oxygens (including phenoxy) is 4. The third kappa shape index (κ3) is 8.52. The van der Waals surface area contributed by atoms with Crippen molar-refractivity contribution < 1.29 is 23.2 Å². The molecule has 0 radical (unpaired) electrons. The van der Waals surface area contributed by atoms with Crippen molar-refractivity contribution in [3.05, 3.63) is 59.7 Å². The van der Waals surface area contributed by atoms with Crippen molar-refractivity contribution in [1.82, 2.24) is 0 Å². The zero-order valence-electron chi connectivity index (χ0n) is 22.1. The molecule has 0 fully saturated rings. The van der Waals surface area contributed by atoms with Gasteiger partial charge < -0.3 is 18.9 Å². The maximum atomic E-state index is 13.8. The number of rotatable bonds is 17. The molecule has 0 aliphatic rings. The van der Waals surface area contributed by atoms with Gasteiger partial charge in [0.05, 0.1) is 60.0 Å². The first-order chi connectivity index (χ1) is 16.9. The summed E-state index contributed by atoms with van der Waals surface area (Å²) < 4.78 is 35.9. The Bertz CT molecular complexity index is 875. The van der Waals surface area contributed by atoms with Crippen LogP contribution < -0.4 is 9.47 Å². The molecule has 0 amide bonds. The molecular weight excluding hydrogens is 480 g/mol. The fraction of sp³-hybridized carbons (Fsp3) is 0.571. The molecular formula is C28H42O5S2. The van der Waals surface area contributed by atoms with Gasteiger partial charge in [0.1, 0.15) is 11.5 Å². The standard InChI is InChI=1S/C28H42O5S2/c1-7-27(8-2,21-32-19-23-11-15-25(30-5)16-12-23)34-35(29)28(9-3,10-4)22-33-20-24-13-17-26(31-6)18-14-24/h11-18H,7-10,19-22H2,1-6H3/t35-/m0/s1. The van der Waals surface area contributed by atoms with E-state index in [1.165, 1.54) is 0 Å². The lowest BCUT2D eigenvalue weighted by molar-refractivity contribution is 0.0941. The minimum absolute atomic E-state index is 0.205. The van der Waals surface area contributed by atoms with Crippen LogP contribution in [0.3, 0.4) is 0 Å². The molecule has 196 valence electrons. The molecule has 0 unspecified atom stereocenters. The van der Waals surface area contributed by atoms with Crippen molar-refractivity contribution in [1.29, 1.82) is 0 Å². The smallest absolute Gasteiger partial charge is 0.118 e. The molecule has 1 atom stereocenters. The monoisotopic (exact) mass is 522 g/mol. The second kappa shape index (κ2) is 14.9. The fourth-order valence-corrected chi connectivity index (χ4v) is 8.45. The Morgan fingerprint density at radius 2 is 1.11 bits per heavy atom. The van der Waals surface area contributed by atoms with Crippen LogP contribution in [0.15, 0.2) is 48.5 Å². The lowest BCUT2D eigenvalue weighted by Gasteiger charge is -2.36. The minimum atomic E-state index is -1.13. The molecule has 0 saturated carbocycles. The molecule has 0 spiro atoms. The van der Waals surface area contributed by atoms with Gasteiger partial charge in [-0.2, -0.15) is 0 Å². The molecule has 0 aromatic heterocycles. The summed E-state index contributed by atoms with van der Waals surface area (Å²) in [5, 5.41) is 0. The van der Waals surface area contributed by atoms with Gasteiger partial charge >= 0.3 is 0 Å². The van der Waals surface area contributed by atoms with E-state index in [4.69, 9.17) is 18.9 Å². The maximum Gasteiger partial charge on any atom is 0.118 e. The van der Waals surface area contributed by atoms with E-state index in [0.29, 0.717) is 26.4 Å². The van der Waals surface area contributed by atoms with Crippen LogP contribution in [0.2, 0.25) is 0 Å². The SMILES string of the molecule is CCC(CC)(COCc1ccc(OC)cc1)S[S@](=O)C(CC)(CC)COCc1ccc(OC)cc1. The van der Waals surface area contributed by atoms with E-state index in [1.807, 2.05) is 48.5 Å². The highest BCUT2D eigenvalue weighted by molar-refractivity contribution is 8.70. The molecule has 0 aliphatic heterocycles. The summed E-state index contributed by atoms with van der Waals surface area (Å²) in [6, 6.07) is 15.8. The first-order valence-corrected chi connectivity index (χ1v) is 14.9. The zero-order valence-corrected chi connectivity index (χ0v) is 23.8. The third-order valence-electron chi connectivity index (χ3n) is 6.77. The largest absolute Gasteiger partial charge is 0.497 e. The molecule has 0 saturated heterocycles. The third-order valence-corrected chi connectivity index (χ3v) is 11.9. The lowest BCUT2D eigenvalue weighted by atomic mass is 10.0. The van der Waals surface area contributed by atoms with Crippen LogP contribution in [0.25, 0.3) is 0 Å². The summed E-state index contributed by atoms with van der Waals surface area (Å²) in [5.41, 5.74) is 2.18. The average Bonchev–Trinajstić information content (AvgIpc) is 2.91. The van der Waals surface area contributed by atoms with E-state index < -0.39 is 14.6 Å². The molecule has 0 bridgehead atoms. The predicted molar refractivity (Wildman–Crippen MR) is 148 cm³/mol. The summed E-state index contributed by atoms with van der Waals surface area (Å²) in [6.45, 7) is 10.6. The molecule has 0 N–H and O–H groups in total. The normalized spacial score (nSPS) is 13.0. The van der Waals surface area contributed by atoms with E-state index >= 15 is 0 Å². The van der Waals surface area contributed by atoms with E-state index in [9.17, 15) is 4.21 Å². The van der Waals surface area contributed by atoms with Crippen LogP contribution in [-0.4, -0.2) is 41.1 Å². The molecule has 2 rings (SSSR count). The van der Waals surface area contributed by atoms with Gasteiger partial charge in [-0.25, -0.2) is 4.21 Å². The Balaban J connectivity index is 1.99. The van der Waals surface area contributed by atoms with Gasteiger partial charge in [0.2, 0.25) is 0 Å². The van der Waals surface area contributed by atoms with Crippen molar-refractivity contribution >= 4 is 20.6 Å². The number of hydrogen-bond donors (Lipinski definition) is 0. The Hall–Kier alpha value is -1.54. The van der Waals surface area contributed by atoms with Crippen LogP contribution in [-0.2, 0) is 32.5 Å². The Morgan fingerprint density at radius 3 is 1.49 bits per heavy atom. The minimum Gasteiger partial charge on any atom is -0.497 e. The quantitative estimate of drug-likeness (QED) is 0.210. The predicted octanol–water partition coefficient (Wildman–Crippen LogP) is 6.95.